The lowest BCUT2D eigenvalue weighted by Gasteiger charge is -2.45. The molecule has 0 aromatic heterocycles. The zero-order valence-corrected chi connectivity index (χ0v) is 28.5. The predicted molar refractivity (Wildman–Crippen MR) is 185 cm³/mol. The van der Waals surface area contributed by atoms with Crippen molar-refractivity contribution in [1.82, 2.24) is 5.32 Å². The number of amides is 1. The van der Waals surface area contributed by atoms with Crippen molar-refractivity contribution in [1.29, 1.82) is 0 Å². The first-order valence-electron chi connectivity index (χ1n) is 16.6. The molecule has 5 atom stereocenters. The standard InChI is InChI=1S/C40H42FNO8/c1-25(2)22-34-35(46-4)36(49-38(44)28-12-7-5-8-13-28)37(50-39(45)29-14-9-6-10-15-29)40(48-34)47-32-19-18-27(20-21-42-26(3)43)33(24-32)30-16-11-17-31(41)23-30/h5-19,23-25,34-37,40H,20-22H2,1-4H3,(H,42,43)/t34-,35+,36-,37-,40?/m1/s1. The Labute approximate surface area is 291 Å². The molecule has 10 heteroatoms. The molecule has 1 N–H and O–H groups in total. The van der Waals surface area contributed by atoms with Gasteiger partial charge in [-0.15, -0.1) is 0 Å². The second-order valence-corrected chi connectivity index (χ2v) is 12.5. The third kappa shape index (κ3) is 9.34. The van der Waals surface area contributed by atoms with Crippen molar-refractivity contribution in [3.63, 3.8) is 0 Å². The van der Waals surface area contributed by atoms with Crippen molar-refractivity contribution in [3.8, 4) is 16.9 Å². The van der Waals surface area contributed by atoms with E-state index in [1.165, 1.54) is 26.2 Å². The van der Waals surface area contributed by atoms with Crippen molar-refractivity contribution in [2.45, 2.75) is 64.3 Å². The smallest absolute Gasteiger partial charge is 0.338 e. The van der Waals surface area contributed by atoms with Gasteiger partial charge in [0, 0.05) is 20.6 Å². The highest BCUT2D eigenvalue weighted by Crippen LogP contribution is 2.35. The fourth-order valence-corrected chi connectivity index (χ4v) is 5.98. The van der Waals surface area contributed by atoms with E-state index in [9.17, 15) is 18.8 Å². The SMILES string of the molecule is CO[C@@H]1[C@@H](OC(=O)c2ccccc2)[C@@H](OC(=O)c2ccccc2)C(Oc2ccc(CCNC(C)=O)c(-c3cccc(F)c3)c2)O[C@@H]1CC(C)C. The van der Waals surface area contributed by atoms with Gasteiger partial charge < -0.3 is 29.0 Å². The van der Waals surface area contributed by atoms with Crippen LogP contribution in [0.4, 0.5) is 4.39 Å². The first-order chi connectivity index (χ1) is 24.1. The Kier molecular flexibility index (Phi) is 12.4. The average molecular weight is 684 g/mol. The molecule has 4 aromatic carbocycles. The van der Waals surface area contributed by atoms with E-state index in [1.54, 1.807) is 84.9 Å². The van der Waals surface area contributed by atoms with Gasteiger partial charge in [-0.1, -0.05) is 68.4 Å². The topological polar surface area (TPSA) is 109 Å². The Morgan fingerprint density at radius 1 is 0.800 bits per heavy atom. The molecule has 50 heavy (non-hydrogen) atoms. The molecular formula is C40H42FNO8. The molecule has 0 saturated carbocycles. The predicted octanol–water partition coefficient (Wildman–Crippen LogP) is 6.79. The highest BCUT2D eigenvalue weighted by molar-refractivity contribution is 5.90. The summed E-state index contributed by atoms with van der Waals surface area (Å²) >= 11 is 0. The van der Waals surface area contributed by atoms with Crippen molar-refractivity contribution < 1.29 is 42.5 Å². The number of carbonyl (C=O) groups is 3. The average Bonchev–Trinajstić information content (AvgIpc) is 3.10. The summed E-state index contributed by atoms with van der Waals surface area (Å²) in [5.41, 5.74) is 2.74. The minimum absolute atomic E-state index is 0.157. The number of nitrogens with one attached hydrogen (secondary N) is 1. The summed E-state index contributed by atoms with van der Waals surface area (Å²) in [5.74, 6) is -1.36. The minimum Gasteiger partial charge on any atom is -0.461 e. The van der Waals surface area contributed by atoms with Gasteiger partial charge in [0.2, 0.25) is 18.3 Å². The fraction of sp³-hybridized carbons (Fsp3) is 0.325. The van der Waals surface area contributed by atoms with Gasteiger partial charge in [0.1, 0.15) is 17.7 Å². The molecule has 9 nitrogen and oxygen atoms in total. The number of rotatable bonds is 13. The van der Waals surface area contributed by atoms with E-state index in [1.807, 2.05) is 19.9 Å². The van der Waals surface area contributed by atoms with E-state index in [4.69, 9.17) is 23.7 Å². The molecule has 0 aliphatic carbocycles. The quantitative estimate of drug-likeness (QED) is 0.154. The molecule has 1 heterocycles. The van der Waals surface area contributed by atoms with Crippen LogP contribution in [-0.4, -0.2) is 62.2 Å². The molecule has 0 spiro atoms. The normalized spacial score (nSPS) is 20.2. The van der Waals surface area contributed by atoms with Gasteiger partial charge in [-0.05, 0) is 84.0 Å². The summed E-state index contributed by atoms with van der Waals surface area (Å²) in [6, 6.07) is 28.5. The number of esters is 2. The maximum Gasteiger partial charge on any atom is 0.338 e. The molecule has 262 valence electrons. The van der Waals surface area contributed by atoms with E-state index >= 15 is 0 Å². The summed E-state index contributed by atoms with van der Waals surface area (Å²) in [6.07, 6.45) is -4.04. The van der Waals surface area contributed by atoms with Crippen LogP contribution < -0.4 is 10.1 Å². The third-order valence-electron chi connectivity index (χ3n) is 8.31. The Morgan fingerprint density at radius 2 is 1.44 bits per heavy atom. The van der Waals surface area contributed by atoms with Gasteiger partial charge >= 0.3 is 11.9 Å². The highest BCUT2D eigenvalue weighted by atomic mass is 19.1. The van der Waals surface area contributed by atoms with Gasteiger partial charge in [-0.3, -0.25) is 4.79 Å². The minimum atomic E-state index is -1.26. The van der Waals surface area contributed by atoms with Crippen LogP contribution in [0, 0.1) is 11.7 Å². The summed E-state index contributed by atoms with van der Waals surface area (Å²) in [7, 11) is 1.49. The Hall–Kier alpha value is -5.06. The van der Waals surface area contributed by atoms with Crippen LogP contribution in [-0.2, 0) is 30.2 Å². The first-order valence-corrected chi connectivity index (χ1v) is 16.6. The second kappa shape index (κ2) is 17.0. The summed E-state index contributed by atoms with van der Waals surface area (Å²) in [4.78, 5) is 38.6. The molecule has 1 unspecified atom stereocenters. The molecular weight excluding hydrogens is 641 g/mol. The monoisotopic (exact) mass is 683 g/mol. The summed E-state index contributed by atoms with van der Waals surface area (Å²) < 4.78 is 45.6. The van der Waals surface area contributed by atoms with Crippen molar-refractivity contribution >= 4 is 17.8 Å². The van der Waals surface area contributed by atoms with Crippen molar-refractivity contribution in [2.75, 3.05) is 13.7 Å². The van der Waals surface area contributed by atoms with Crippen molar-refractivity contribution in [3.05, 3.63) is 126 Å². The number of hydrogen-bond donors (Lipinski definition) is 1. The fourth-order valence-electron chi connectivity index (χ4n) is 5.98. The molecule has 1 amide bonds. The maximum atomic E-state index is 14.4. The van der Waals surface area contributed by atoms with Crippen molar-refractivity contribution in [2.24, 2.45) is 5.92 Å². The van der Waals surface area contributed by atoms with Crippen LogP contribution in [0.1, 0.15) is 53.5 Å². The van der Waals surface area contributed by atoms with Gasteiger partial charge in [-0.25, -0.2) is 14.0 Å². The van der Waals surface area contributed by atoms with E-state index in [-0.39, 0.29) is 17.4 Å². The maximum absolute atomic E-state index is 14.4. The van der Waals surface area contributed by atoms with E-state index in [0.717, 1.165) is 5.56 Å². The van der Waals surface area contributed by atoms with Crippen LogP contribution in [0.15, 0.2) is 103 Å². The number of hydrogen-bond acceptors (Lipinski definition) is 8. The number of halogens is 1. The highest BCUT2D eigenvalue weighted by Gasteiger charge is 2.52. The van der Waals surface area contributed by atoms with Crippen LogP contribution in [0.25, 0.3) is 11.1 Å². The molecule has 4 aromatic rings. The number of carbonyl (C=O) groups excluding carboxylic acids is 3. The molecule has 1 saturated heterocycles. The number of ether oxygens (including phenoxy) is 5. The lowest BCUT2D eigenvalue weighted by Crippen LogP contribution is -2.62. The molecule has 5 rings (SSSR count). The molecule has 0 bridgehead atoms. The number of methoxy groups -OCH3 is 1. The Morgan fingerprint density at radius 3 is 2.02 bits per heavy atom. The largest absolute Gasteiger partial charge is 0.461 e. The van der Waals surface area contributed by atoms with Crippen LogP contribution in [0.3, 0.4) is 0 Å². The first kappa shape index (κ1) is 36.2. The zero-order valence-electron chi connectivity index (χ0n) is 28.5. The summed E-state index contributed by atoms with van der Waals surface area (Å²) in [5, 5.41) is 2.80. The molecule has 1 aliphatic rings. The van der Waals surface area contributed by atoms with Crippen LogP contribution in [0.2, 0.25) is 0 Å². The van der Waals surface area contributed by atoms with Gasteiger partial charge in [-0.2, -0.15) is 0 Å². The lowest BCUT2D eigenvalue weighted by molar-refractivity contribution is -0.277. The van der Waals surface area contributed by atoms with E-state index in [0.29, 0.717) is 41.8 Å². The second-order valence-electron chi connectivity index (χ2n) is 12.5. The summed E-state index contributed by atoms with van der Waals surface area (Å²) in [6.45, 7) is 5.89. The van der Waals surface area contributed by atoms with Crippen LogP contribution >= 0.6 is 0 Å². The zero-order chi connectivity index (χ0) is 35.6. The Bertz CT molecular complexity index is 1750. The third-order valence-corrected chi connectivity index (χ3v) is 8.31. The lowest BCUT2D eigenvalue weighted by atomic mass is 9.92. The molecule has 0 radical (unpaired) electrons. The molecule has 1 fully saturated rings. The molecule has 1 aliphatic heterocycles. The van der Waals surface area contributed by atoms with Crippen LogP contribution in [0.5, 0.6) is 5.75 Å². The van der Waals surface area contributed by atoms with E-state index in [2.05, 4.69) is 5.32 Å². The van der Waals surface area contributed by atoms with Gasteiger partial charge in [0.25, 0.3) is 0 Å². The van der Waals surface area contributed by atoms with Gasteiger partial charge in [0.05, 0.1) is 17.2 Å². The Balaban J connectivity index is 1.55. The van der Waals surface area contributed by atoms with E-state index < -0.39 is 48.5 Å². The number of benzene rings is 4. The van der Waals surface area contributed by atoms with Gasteiger partial charge in [0.15, 0.2) is 6.10 Å².